The average molecular weight is 817 g/mol. The number of halogens is 6. The quantitative estimate of drug-likeness (QED) is 0.159. The van der Waals surface area contributed by atoms with Gasteiger partial charge in [-0.25, -0.2) is 0 Å². The number of hydrogen-bond donors (Lipinski definition) is 0. The van der Waals surface area contributed by atoms with Crippen molar-refractivity contribution in [3.8, 4) is 0 Å². The van der Waals surface area contributed by atoms with E-state index in [4.69, 9.17) is 9.47 Å². The van der Waals surface area contributed by atoms with Crippen molar-refractivity contribution in [3.05, 3.63) is 96.1 Å². The second kappa shape index (κ2) is 19.5. The number of hydrogen-bond acceptors (Lipinski definition) is 6. The predicted octanol–water partition coefficient (Wildman–Crippen LogP) is 7.08. The van der Waals surface area contributed by atoms with E-state index in [1.165, 1.54) is 0 Å². The van der Waals surface area contributed by atoms with Gasteiger partial charge >= 0.3 is 24.2 Å². The van der Waals surface area contributed by atoms with Gasteiger partial charge in [0, 0.05) is 52.1 Å². The van der Waals surface area contributed by atoms with Crippen molar-refractivity contribution in [2.75, 3.05) is 65.7 Å². The number of ether oxygens (including phenoxy) is 2. The zero-order valence-corrected chi connectivity index (χ0v) is 32.2. The van der Waals surface area contributed by atoms with Crippen LogP contribution in [0, 0.1) is 0 Å². The molecule has 2 fully saturated rings. The smallest absolute Gasteiger partial charge is 0.378 e. The monoisotopic (exact) mass is 816 g/mol. The Morgan fingerprint density at radius 3 is 1.22 bits per heavy atom. The summed E-state index contributed by atoms with van der Waals surface area (Å²) < 4.78 is 90.0. The zero-order chi connectivity index (χ0) is 42.0. The Hall–Kier alpha value is -5.22. The van der Waals surface area contributed by atoms with Crippen LogP contribution >= 0.6 is 0 Å². The summed E-state index contributed by atoms with van der Waals surface area (Å²) in [6.45, 7) is 5.76. The fourth-order valence-electron chi connectivity index (χ4n) is 7.21. The topological polar surface area (TPSA) is 99.7 Å². The number of carbonyl (C=O) groups excluding carboxylic acids is 4. The maximum atomic E-state index is 13.3. The molecule has 2 saturated heterocycles. The third kappa shape index (κ3) is 11.0. The first-order chi connectivity index (χ1) is 27.6. The van der Waals surface area contributed by atoms with Crippen LogP contribution in [0.25, 0.3) is 21.5 Å². The SMILES string of the molecule is C[C@@H](c1cccc2ccccc12)N(CCC(=O)N1CCOCC1)C(=O)C(F)(F)F.C[C@@H](c1cccc2ccccc12)N(CCC(=O)N1CCOCC1)C(=O)C(F)(F)F. The van der Waals surface area contributed by atoms with Crippen molar-refractivity contribution in [1.82, 2.24) is 19.6 Å². The molecule has 0 aliphatic carbocycles. The van der Waals surface area contributed by atoms with Crippen molar-refractivity contribution in [1.29, 1.82) is 0 Å². The molecule has 2 heterocycles. The van der Waals surface area contributed by atoms with E-state index in [1.54, 1.807) is 60.0 Å². The van der Waals surface area contributed by atoms with Gasteiger partial charge < -0.3 is 29.1 Å². The predicted molar refractivity (Wildman–Crippen MR) is 204 cm³/mol. The van der Waals surface area contributed by atoms with Gasteiger partial charge in [0.05, 0.1) is 38.5 Å². The van der Waals surface area contributed by atoms with Crippen LogP contribution in [0.5, 0.6) is 0 Å². The van der Waals surface area contributed by atoms with E-state index < -0.39 is 36.3 Å². The molecule has 10 nitrogen and oxygen atoms in total. The molecule has 2 aliphatic heterocycles. The minimum atomic E-state index is -5.01. The average Bonchev–Trinajstić information content (AvgIpc) is 3.23. The molecule has 0 aromatic heterocycles. The summed E-state index contributed by atoms with van der Waals surface area (Å²) in [5.74, 6) is -4.43. The van der Waals surface area contributed by atoms with Gasteiger partial charge in [0.2, 0.25) is 11.8 Å². The highest BCUT2D eigenvalue weighted by atomic mass is 19.4. The number of rotatable bonds is 10. The molecular formula is C42H46F6N4O6. The first-order valence-corrected chi connectivity index (χ1v) is 19.0. The van der Waals surface area contributed by atoms with Crippen LogP contribution in [-0.4, -0.2) is 121 Å². The van der Waals surface area contributed by atoms with Gasteiger partial charge in [-0.2, -0.15) is 26.3 Å². The van der Waals surface area contributed by atoms with Crippen LogP contribution in [0.3, 0.4) is 0 Å². The highest BCUT2D eigenvalue weighted by molar-refractivity contribution is 5.89. The van der Waals surface area contributed by atoms with Crippen molar-refractivity contribution in [2.24, 2.45) is 0 Å². The molecule has 0 N–H and O–H groups in total. The normalized spacial score (nSPS) is 15.9. The first-order valence-electron chi connectivity index (χ1n) is 19.0. The summed E-state index contributed by atoms with van der Waals surface area (Å²) >= 11 is 0. The van der Waals surface area contributed by atoms with E-state index in [1.807, 2.05) is 48.5 Å². The highest BCUT2D eigenvalue weighted by Crippen LogP contribution is 2.33. The Bertz CT molecular complexity index is 1890. The maximum absolute atomic E-state index is 13.3. The van der Waals surface area contributed by atoms with Gasteiger partial charge in [-0.3, -0.25) is 19.2 Å². The number of nitrogens with zero attached hydrogens (tertiary/aromatic N) is 4. The number of morpholine rings is 2. The van der Waals surface area contributed by atoms with Crippen LogP contribution in [0.4, 0.5) is 26.3 Å². The lowest BCUT2D eigenvalue weighted by Gasteiger charge is -2.32. The van der Waals surface area contributed by atoms with Gasteiger partial charge in [-0.05, 0) is 46.5 Å². The first kappa shape index (κ1) is 43.9. The number of amides is 4. The molecular weight excluding hydrogens is 770 g/mol. The third-order valence-electron chi connectivity index (χ3n) is 10.3. The van der Waals surface area contributed by atoms with E-state index in [-0.39, 0.29) is 37.7 Å². The fraction of sp³-hybridized carbons (Fsp3) is 0.429. The standard InChI is InChI=1S/2C21H23F3N2O3/c2*1-15(17-8-4-6-16-5-2-3-7-18(16)17)26(20(28)21(22,23)24)10-9-19(27)25-11-13-29-14-12-25/h2*2-8,15H,9-14H2,1H3/t2*15-/m00/s1. The van der Waals surface area contributed by atoms with E-state index in [0.29, 0.717) is 63.7 Å². The molecule has 312 valence electrons. The molecule has 0 saturated carbocycles. The van der Waals surface area contributed by atoms with Gasteiger partial charge in [0.25, 0.3) is 0 Å². The van der Waals surface area contributed by atoms with Crippen LogP contribution in [0.2, 0.25) is 0 Å². The van der Waals surface area contributed by atoms with Crippen LogP contribution in [0.15, 0.2) is 84.9 Å². The lowest BCUT2D eigenvalue weighted by atomic mass is 9.98. The summed E-state index contributed by atoms with van der Waals surface area (Å²) in [6.07, 6.45) is -10.4. The molecule has 0 spiro atoms. The van der Waals surface area contributed by atoms with Gasteiger partial charge in [0.1, 0.15) is 0 Å². The lowest BCUT2D eigenvalue weighted by Crippen LogP contribution is -2.46. The molecule has 58 heavy (non-hydrogen) atoms. The van der Waals surface area contributed by atoms with E-state index in [2.05, 4.69) is 0 Å². The Morgan fingerprint density at radius 1 is 0.552 bits per heavy atom. The lowest BCUT2D eigenvalue weighted by molar-refractivity contribution is -0.188. The van der Waals surface area contributed by atoms with Crippen molar-refractivity contribution < 1.29 is 55.0 Å². The third-order valence-corrected chi connectivity index (χ3v) is 10.3. The summed E-state index contributed by atoms with van der Waals surface area (Å²) in [5.41, 5.74) is 1.22. The van der Waals surface area contributed by atoms with Crippen molar-refractivity contribution >= 4 is 45.2 Å². The molecule has 4 amide bonds. The van der Waals surface area contributed by atoms with Crippen LogP contribution in [0.1, 0.15) is 49.9 Å². The maximum Gasteiger partial charge on any atom is 0.471 e. The Balaban J connectivity index is 0.000000221. The number of benzene rings is 4. The summed E-state index contributed by atoms with van der Waals surface area (Å²) in [6, 6.07) is 23.6. The molecule has 16 heteroatoms. The summed E-state index contributed by atoms with van der Waals surface area (Å²) in [7, 11) is 0. The molecule has 2 aliphatic rings. The molecule has 0 bridgehead atoms. The van der Waals surface area contributed by atoms with Crippen LogP contribution < -0.4 is 0 Å². The van der Waals surface area contributed by atoms with Crippen LogP contribution in [-0.2, 0) is 28.7 Å². The second-order valence-electron chi connectivity index (χ2n) is 14.0. The summed E-state index contributed by atoms with van der Waals surface area (Å²) in [4.78, 5) is 53.7. The molecule has 0 radical (unpaired) electrons. The molecule has 6 rings (SSSR count). The van der Waals surface area contributed by atoms with Crippen molar-refractivity contribution in [3.63, 3.8) is 0 Å². The zero-order valence-electron chi connectivity index (χ0n) is 32.2. The van der Waals surface area contributed by atoms with E-state index in [0.717, 1.165) is 31.3 Å². The minimum absolute atomic E-state index is 0.170. The fourth-order valence-corrected chi connectivity index (χ4v) is 7.21. The molecule has 4 aromatic carbocycles. The minimum Gasteiger partial charge on any atom is -0.378 e. The van der Waals surface area contributed by atoms with Gasteiger partial charge in [0.15, 0.2) is 0 Å². The van der Waals surface area contributed by atoms with E-state index in [9.17, 15) is 45.5 Å². The largest absolute Gasteiger partial charge is 0.471 e. The molecule has 2 atom stereocenters. The Labute approximate surface area is 332 Å². The molecule has 4 aromatic rings. The number of alkyl halides is 6. The van der Waals surface area contributed by atoms with Gasteiger partial charge in [-0.15, -0.1) is 0 Å². The second-order valence-corrected chi connectivity index (χ2v) is 14.0. The summed E-state index contributed by atoms with van der Waals surface area (Å²) in [5, 5.41) is 3.31. The number of carbonyl (C=O) groups is 4. The number of fused-ring (bicyclic) bond motifs is 2. The van der Waals surface area contributed by atoms with Crippen molar-refractivity contribution in [2.45, 2.75) is 51.1 Å². The molecule has 0 unspecified atom stereocenters. The Morgan fingerprint density at radius 2 is 0.879 bits per heavy atom. The highest BCUT2D eigenvalue weighted by Gasteiger charge is 2.45. The Kier molecular flexibility index (Phi) is 14.7. The van der Waals surface area contributed by atoms with Gasteiger partial charge in [-0.1, -0.05) is 84.9 Å². The van der Waals surface area contributed by atoms with E-state index >= 15 is 0 Å².